The van der Waals surface area contributed by atoms with Gasteiger partial charge in [0.2, 0.25) is 10.0 Å². The fraction of sp³-hybridized carbons (Fsp3) is 0.562. The number of hydrogen-bond donors (Lipinski definition) is 1. The monoisotopic (exact) mass is 342 g/mol. The Balaban J connectivity index is 2.82. The molecule has 1 N–H and O–H groups in total. The number of anilines is 1. The van der Waals surface area contributed by atoms with Crippen LogP contribution < -0.4 is 14.4 Å². The molecule has 130 valence electrons. The van der Waals surface area contributed by atoms with E-state index in [1.54, 1.807) is 24.3 Å². The van der Waals surface area contributed by atoms with Crippen molar-refractivity contribution >= 4 is 21.6 Å². The summed E-state index contributed by atoms with van der Waals surface area (Å²) in [4.78, 5) is 12.2. The molecule has 1 aromatic carbocycles. The molecule has 1 aromatic rings. The number of hydrogen-bond acceptors (Lipinski definition) is 4. The van der Waals surface area contributed by atoms with Gasteiger partial charge in [0, 0.05) is 12.6 Å². The summed E-state index contributed by atoms with van der Waals surface area (Å²) in [5, 5.41) is 2.89. The molecule has 0 spiro atoms. The maximum Gasteiger partial charge on any atom is 0.261 e. The van der Waals surface area contributed by atoms with Crippen LogP contribution in [0.2, 0.25) is 0 Å². The first-order valence-electron chi connectivity index (χ1n) is 7.46. The Morgan fingerprint density at radius 1 is 1.26 bits per heavy atom. The number of rotatable bonds is 6. The third-order valence-corrected chi connectivity index (χ3v) is 4.34. The Bertz CT molecular complexity index is 633. The molecule has 0 aliphatic rings. The third kappa shape index (κ3) is 6.09. The van der Waals surface area contributed by atoms with E-state index < -0.39 is 16.1 Å². The van der Waals surface area contributed by atoms with Crippen LogP contribution >= 0.6 is 0 Å². The number of carbonyl (C=O) groups is 1. The normalized spacial score (nSPS) is 13.3. The summed E-state index contributed by atoms with van der Waals surface area (Å²) in [5.41, 5.74) is 0.211. The lowest BCUT2D eigenvalue weighted by Crippen LogP contribution is -2.47. The second kappa shape index (κ2) is 7.21. The van der Waals surface area contributed by atoms with E-state index >= 15 is 0 Å². The number of ether oxygens (including phenoxy) is 1. The van der Waals surface area contributed by atoms with Gasteiger partial charge in [-0.2, -0.15) is 0 Å². The van der Waals surface area contributed by atoms with Crippen molar-refractivity contribution in [1.29, 1.82) is 0 Å². The lowest BCUT2D eigenvalue weighted by Gasteiger charge is -2.25. The van der Waals surface area contributed by atoms with Crippen LogP contribution in [0.15, 0.2) is 24.3 Å². The Morgan fingerprint density at radius 2 is 1.78 bits per heavy atom. The smallest absolute Gasteiger partial charge is 0.261 e. The Hall–Kier alpha value is -1.76. The van der Waals surface area contributed by atoms with E-state index in [4.69, 9.17) is 4.74 Å². The number of carbonyl (C=O) groups excluding carboxylic acids is 1. The summed E-state index contributed by atoms with van der Waals surface area (Å²) in [6.07, 6.45) is 1.08. The van der Waals surface area contributed by atoms with Crippen LogP contribution in [0.4, 0.5) is 5.69 Å². The molecule has 0 fully saturated rings. The van der Waals surface area contributed by atoms with Gasteiger partial charge < -0.3 is 10.1 Å². The standard InChI is InChI=1S/C16H26N2O4S/c1-7-14(15(19)17-16(2,3)4)22-13-10-8-12(9-11-13)18(5)23(6,20)21/h8-11,14H,7H2,1-6H3,(H,17,19). The van der Waals surface area contributed by atoms with Crippen molar-refractivity contribution in [2.24, 2.45) is 0 Å². The highest BCUT2D eigenvalue weighted by Gasteiger charge is 2.23. The van der Waals surface area contributed by atoms with Gasteiger partial charge in [0.25, 0.3) is 5.91 Å². The van der Waals surface area contributed by atoms with E-state index in [0.29, 0.717) is 17.9 Å². The van der Waals surface area contributed by atoms with E-state index in [1.807, 2.05) is 27.7 Å². The van der Waals surface area contributed by atoms with E-state index in [-0.39, 0.29) is 11.4 Å². The largest absolute Gasteiger partial charge is 0.481 e. The molecular weight excluding hydrogens is 316 g/mol. The molecule has 1 amide bonds. The summed E-state index contributed by atoms with van der Waals surface area (Å²) in [6, 6.07) is 6.60. The molecule has 0 aliphatic carbocycles. The summed E-state index contributed by atoms with van der Waals surface area (Å²) >= 11 is 0. The highest BCUT2D eigenvalue weighted by atomic mass is 32.2. The lowest BCUT2D eigenvalue weighted by atomic mass is 10.1. The highest BCUT2D eigenvalue weighted by molar-refractivity contribution is 7.92. The third-order valence-electron chi connectivity index (χ3n) is 3.14. The minimum absolute atomic E-state index is 0.169. The average Bonchev–Trinajstić information content (AvgIpc) is 2.41. The topological polar surface area (TPSA) is 75.7 Å². The predicted molar refractivity (Wildman–Crippen MR) is 92.3 cm³/mol. The molecule has 0 bridgehead atoms. The van der Waals surface area contributed by atoms with Gasteiger partial charge in [-0.05, 0) is 51.5 Å². The lowest BCUT2D eigenvalue weighted by molar-refractivity contribution is -0.129. The van der Waals surface area contributed by atoms with Crippen LogP contribution in [0.1, 0.15) is 34.1 Å². The number of nitrogens with zero attached hydrogens (tertiary/aromatic N) is 1. The van der Waals surface area contributed by atoms with Gasteiger partial charge in [-0.25, -0.2) is 8.42 Å². The molecule has 6 nitrogen and oxygen atoms in total. The number of benzene rings is 1. The van der Waals surface area contributed by atoms with Gasteiger partial charge in [0.15, 0.2) is 6.10 Å². The van der Waals surface area contributed by atoms with Gasteiger partial charge in [-0.1, -0.05) is 6.92 Å². The van der Waals surface area contributed by atoms with Crippen molar-refractivity contribution in [1.82, 2.24) is 5.32 Å². The van der Waals surface area contributed by atoms with E-state index in [9.17, 15) is 13.2 Å². The van der Waals surface area contributed by atoms with Crippen molar-refractivity contribution in [3.63, 3.8) is 0 Å². The van der Waals surface area contributed by atoms with Crippen LogP contribution in [-0.2, 0) is 14.8 Å². The maximum atomic E-state index is 12.2. The first kappa shape index (κ1) is 19.3. The van der Waals surface area contributed by atoms with Crippen molar-refractivity contribution in [2.45, 2.75) is 45.8 Å². The molecule has 1 rings (SSSR count). The van der Waals surface area contributed by atoms with Crippen LogP contribution in [0.5, 0.6) is 5.75 Å². The average molecular weight is 342 g/mol. The fourth-order valence-corrected chi connectivity index (χ4v) is 2.37. The second-order valence-corrected chi connectivity index (χ2v) is 8.49. The molecule has 23 heavy (non-hydrogen) atoms. The second-order valence-electron chi connectivity index (χ2n) is 6.48. The first-order valence-corrected chi connectivity index (χ1v) is 9.31. The van der Waals surface area contributed by atoms with Gasteiger partial charge in [0.1, 0.15) is 5.75 Å². The zero-order chi connectivity index (χ0) is 17.8. The minimum atomic E-state index is -3.30. The SMILES string of the molecule is CCC(Oc1ccc(N(C)S(C)(=O)=O)cc1)C(=O)NC(C)(C)C. The number of nitrogens with one attached hydrogen (secondary N) is 1. The Labute approximate surface area is 138 Å². The molecule has 1 unspecified atom stereocenters. The molecule has 0 aliphatic heterocycles. The Kier molecular flexibility index (Phi) is 6.04. The van der Waals surface area contributed by atoms with Crippen molar-refractivity contribution in [2.75, 3.05) is 17.6 Å². The fourth-order valence-electron chi connectivity index (χ4n) is 1.86. The summed E-state index contributed by atoms with van der Waals surface area (Å²) in [7, 11) is -1.82. The van der Waals surface area contributed by atoms with Crippen LogP contribution in [0.3, 0.4) is 0 Å². The van der Waals surface area contributed by atoms with Crippen LogP contribution in [0.25, 0.3) is 0 Å². The molecule has 0 heterocycles. The highest BCUT2D eigenvalue weighted by Crippen LogP contribution is 2.21. The maximum absolute atomic E-state index is 12.2. The number of amides is 1. The van der Waals surface area contributed by atoms with Gasteiger partial charge in [-0.3, -0.25) is 9.10 Å². The van der Waals surface area contributed by atoms with E-state index in [1.165, 1.54) is 11.4 Å². The Morgan fingerprint density at radius 3 is 2.17 bits per heavy atom. The van der Waals surface area contributed by atoms with Crippen LogP contribution in [0, 0.1) is 0 Å². The summed E-state index contributed by atoms with van der Waals surface area (Å²) in [6.45, 7) is 7.60. The summed E-state index contributed by atoms with van der Waals surface area (Å²) < 4.78 is 29.9. The van der Waals surface area contributed by atoms with Gasteiger partial charge >= 0.3 is 0 Å². The molecule has 1 atom stereocenters. The minimum Gasteiger partial charge on any atom is -0.481 e. The zero-order valence-corrected chi connectivity index (χ0v) is 15.4. The van der Waals surface area contributed by atoms with Crippen molar-refractivity contribution < 1.29 is 17.9 Å². The molecule has 7 heteroatoms. The van der Waals surface area contributed by atoms with Gasteiger partial charge in [0.05, 0.1) is 11.9 Å². The van der Waals surface area contributed by atoms with E-state index in [2.05, 4.69) is 5.32 Å². The summed E-state index contributed by atoms with van der Waals surface area (Å²) in [5.74, 6) is 0.351. The first-order chi connectivity index (χ1) is 10.4. The molecule has 0 saturated heterocycles. The molecule has 0 saturated carbocycles. The quantitative estimate of drug-likeness (QED) is 0.859. The zero-order valence-electron chi connectivity index (χ0n) is 14.6. The predicted octanol–water partition coefficient (Wildman–Crippen LogP) is 2.15. The van der Waals surface area contributed by atoms with Crippen molar-refractivity contribution in [3.05, 3.63) is 24.3 Å². The van der Waals surface area contributed by atoms with E-state index in [0.717, 1.165) is 6.26 Å². The van der Waals surface area contributed by atoms with Crippen molar-refractivity contribution in [3.8, 4) is 5.75 Å². The number of sulfonamides is 1. The molecule has 0 aromatic heterocycles. The van der Waals surface area contributed by atoms with Gasteiger partial charge in [-0.15, -0.1) is 0 Å². The molecule has 0 radical (unpaired) electrons. The molecular formula is C16H26N2O4S. The van der Waals surface area contributed by atoms with Crippen LogP contribution in [-0.4, -0.2) is 39.3 Å².